The van der Waals surface area contributed by atoms with E-state index in [-0.39, 0.29) is 32.8 Å². The predicted molar refractivity (Wildman–Crippen MR) is 60.6 cm³/mol. The number of benzene rings is 1. The monoisotopic (exact) mass is 416 g/mol. The van der Waals surface area contributed by atoms with Crippen molar-refractivity contribution in [3.63, 3.8) is 0 Å². The van der Waals surface area contributed by atoms with Gasteiger partial charge in [-0.2, -0.15) is 0 Å². The van der Waals surface area contributed by atoms with E-state index in [4.69, 9.17) is 0 Å². The molecule has 2 heterocycles. The summed E-state index contributed by atoms with van der Waals surface area (Å²) in [5.41, 5.74) is 0.743. The Hall–Kier alpha value is -1.71. The minimum Gasteiger partial charge on any atom is -0.573 e. The van der Waals surface area contributed by atoms with Crippen LogP contribution in [0, 0.1) is 0 Å². The van der Waals surface area contributed by atoms with E-state index in [0.717, 1.165) is 10.9 Å². The van der Waals surface area contributed by atoms with Crippen LogP contribution in [0.25, 0.3) is 10.9 Å². The second-order valence-electron chi connectivity index (χ2n) is 3.80. The van der Waals surface area contributed by atoms with Gasteiger partial charge in [0.25, 0.3) is 0 Å². The van der Waals surface area contributed by atoms with Gasteiger partial charge in [-0.3, -0.25) is 15.0 Å². The summed E-state index contributed by atoms with van der Waals surface area (Å²) >= 11 is 0. The van der Waals surface area contributed by atoms with Crippen LogP contribution >= 0.6 is 0 Å². The topological polar surface area (TPSA) is 76.4 Å². The number of hydrogen-bond donors (Lipinski definition) is 1. The van der Waals surface area contributed by atoms with Crippen LogP contribution in [0.1, 0.15) is 6.42 Å². The van der Waals surface area contributed by atoms with Crippen molar-refractivity contribution in [1.82, 2.24) is 15.5 Å². The molecule has 1 aromatic carbocycles. The molecule has 1 aliphatic rings. The average Bonchev–Trinajstić information content (AvgIpc) is 2.73. The van der Waals surface area contributed by atoms with Crippen LogP contribution in [-0.4, -0.2) is 23.6 Å². The first-order valence-electron chi connectivity index (χ1n) is 5.25. The number of amides is 3. The normalized spacial score (nSPS) is 15.4. The number of nitrogens with zero attached hydrogens (tertiary/aromatic N) is 3. The Kier molecular flexibility index (Phi) is 3.46. The Labute approximate surface area is 116 Å². The number of imide groups is 1. The second-order valence-corrected chi connectivity index (χ2v) is 3.80. The van der Waals surface area contributed by atoms with Crippen LogP contribution < -0.4 is 15.3 Å². The van der Waals surface area contributed by atoms with Crippen LogP contribution in [0.15, 0.2) is 24.3 Å². The van der Waals surface area contributed by atoms with Gasteiger partial charge in [-0.1, -0.05) is 24.3 Å². The van der Waals surface area contributed by atoms with Gasteiger partial charge in [0.05, 0.1) is 0 Å². The zero-order valence-electron chi connectivity index (χ0n) is 9.26. The summed E-state index contributed by atoms with van der Waals surface area (Å²) in [4.78, 5) is 24.2. The molecule has 7 heteroatoms. The van der Waals surface area contributed by atoms with Gasteiger partial charge in [0.15, 0.2) is 0 Å². The Morgan fingerprint density at radius 1 is 1.28 bits per heavy atom. The van der Waals surface area contributed by atoms with Crippen LogP contribution in [0.5, 0.6) is 0 Å². The van der Waals surface area contributed by atoms with Crippen molar-refractivity contribution in [2.75, 3.05) is 11.4 Å². The van der Waals surface area contributed by atoms with E-state index >= 15 is 0 Å². The van der Waals surface area contributed by atoms with E-state index in [1.54, 1.807) is 0 Å². The standard InChI is InChI=1S/C11H10N4O2.Re/c16-9-5-6-15(11(17)12-9)10-7-3-1-2-4-8(7)13-14-10;/h1-4H,5-6H2,(H2,12,13,14,16,17);/p-1. The van der Waals surface area contributed by atoms with Gasteiger partial charge >= 0.3 is 6.03 Å². The number of fused-ring (bicyclic) bond motifs is 1. The van der Waals surface area contributed by atoms with Crippen molar-refractivity contribution in [2.45, 2.75) is 6.42 Å². The number of rotatable bonds is 1. The Balaban J connectivity index is 0.00000120. The Morgan fingerprint density at radius 2 is 2.06 bits per heavy atom. The van der Waals surface area contributed by atoms with E-state index in [9.17, 15) is 9.59 Å². The van der Waals surface area contributed by atoms with Gasteiger partial charge < -0.3 is 10.2 Å². The quantitative estimate of drug-likeness (QED) is 0.742. The summed E-state index contributed by atoms with van der Waals surface area (Å²) in [5.74, 6) is 0.251. The molecule has 0 saturated carbocycles. The summed E-state index contributed by atoms with van der Waals surface area (Å²) in [7, 11) is 0. The third kappa shape index (κ3) is 2.03. The van der Waals surface area contributed by atoms with Gasteiger partial charge in [-0.15, -0.1) is 5.52 Å². The molecule has 18 heavy (non-hydrogen) atoms. The van der Waals surface area contributed by atoms with E-state index in [1.807, 2.05) is 24.3 Å². The summed E-state index contributed by atoms with van der Waals surface area (Å²) < 4.78 is 0. The van der Waals surface area contributed by atoms with Crippen molar-refractivity contribution < 1.29 is 30.0 Å². The molecule has 1 saturated heterocycles. The minimum atomic E-state index is -0.438. The number of carbonyl (C=O) groups is 2. The van der Waals surface area contributed by atoms with E-state index in [2.05, 4.69) is 15.5 Å². The molecule has 0 atom stereocenters. The number of aromatic nitrogens is 2. The maximum absolute atomic E-state index is 11.7. The van der Waals surface area contributed by atoms with E-state index in [0.29, 0.717) is 12.4 Å². The minimum absolute atomic E-state index is 0. The van der Waals surface area contributed by atoms with Gasteiger partial charge in [0.2, 0.25) is 5.91 Å². The van der Waals surface area contributed by atoms with Crippen LogP contribution in [-0.2, 0) is 25.2 Å². The molecule has 0 bridgehead atoms. The maximum Gasteiger partial charge on any atom is 0.329 e. The molecule has 3 rings (SSSR count). The molecule has 1 radical (unpaired) electrons. The molecule has 1 aromatic heterocycles. The van der Waals surface area contributed by atoms with Crippen molar-refractivity contribution in [2.24, 2.45) is 0 Å². The smallest absolute Gasteiger partial charge is 0.329 e. The Morgan fingerprint density at radius 3 is 2.83 bits per heavy atom. The number of anilines is 1. The maximum atomic E-state index is 11.7. The molecule has 1 fully saturated rings. The van der Waals surface area contributed by atoms with Gasteiger partial charge in [0.1, 0.15) is 5.82 Å². The van der Waals surface area contributed by atoms with Crippen molar-refractivity contribution in [3.8, 4) is 0 Å². The van der Waals surface area contributed by atoms with Gasteiger partial charge in [-0.25, -0.2) is 4.79 Å². The molecular formula is C11H9N4O2Re-. The predicted octanol–water partition coefficient (Wildman–Crippen LogP) is 0.636. The third-order valence-corrected chi connectivity index (χ3v) is 2.71. The summed E-state index contributed by atoms with van der Waals surface area (Å²) in [6, 6.07) is 6.97. The van der Waals surface area contributed by atoms with Crippen molar-refractivity contribution in [3.05, 3.63) is 24.3 Å². The van der Waals surface area contributed by atoms with Crippen LogP contribution in [0.4, 0.5) is 10.6 Å². The number of urea groups is 1. The molecule has 0 unspecified atom stereocenters. The molecule has 1 aliphatic heterocycles. The third-order valence-electron chi connectivity index (χ3n) is 2.71. The van der Waals surface area contributed by atoms with Gasteiger partial charge in [0, 0.05) is 38.8 Å². The molecule has 1 N–H and O–H groups in total. The van der Waals surface area contributed by atoms with E-state index < -0.39 is 6.03 Å². The first kappa shape index (κ1) is 12.7. The van der Waals surface area contributed by atoms with Gasteiger partial charge in [-0.05, 0) is 0 Å². The number of hydrogen-bond acceptors (Lipinski definition) is 3. The average molecular weight is 415 g/mol. The molecule has 0 aliphatic carbocycles. The second kappa shape index (κ2) is 4.88. The van der Waals surface area contributed by atoms with Crippen molar-refractivity contribution >= 4 is 28.7 Å². The molecular weight excluding hydrogens is 406 g/mol. The first-order chi connectivity index (χ1) is 8.25. The molecule has 6 nitrogen and oxygen atoms in total. The Bertz CT molecular complexity index is 610. The van der Waals surface area contributed by atoms with Crippen molar-refractivity contribution in [1.29, 1.82) is 0 Å². The molecule has 93 valence electrons. The summed E-state index contributed by atoms with van der Waals surface area (Å²) in [5, 5.41) is 11.1. The number of carbonyl (C=O) groups excluding carboxylic acids is 2. The van der Waals surface area contributed by atoms with Crippen LogP contribution in [0.3, 0.4) is 0 Å². The summed E-state index contributed by atoms with van der Waals surface area (Å²) in [6.45, 7) is 0.341. The SMILES string of the molecule is O=C1CCN(c2n[n-]c3ccccc23)C(=O)N1.[Re]. The molecule has 0 spiro atoms. The first-order valence-corrected chi connectivity index (χ1v) is 5.25. The van der Waals surface area contributed by atoms with E-state index in [1.165, 1.54) is 4.90 Å². The molecule has 3 amide bonds. The fraction of sp³-hybridized carbons (Fsp3) is 0.182. The number of nitrogens with one attached hydrogen (secondary N) is 1. The largest absolute Gasteiger partial charge is 0.573 e. The molecule has 2 aromatic rings. The fourth-order valence-electron chi connectivity index (χ4n) is 1.87. The summed E-state index contributed by atoms with van der Waals surface area (Å²) in [6.07, 6.45) is 0.285. The zero-order valence-corrected chi connectivity index (χ0v) is 12.0. The van der Waals surface area contributed by atoms with Crippen LogP contribution in [0.2, 0.25) is 0 Å². The zero-order chi connectivity index (χ0) is 11.8. The fourth-order valence-corrected chi connectivity index (χ4v) is 1.87.